The van der Waals surface area contributed by atoms with Crippen LogP contribution in [0.3, 0.4) is 0 Å². The van der Waals surface area contributed by atoms with Crippen molar-refractivity contribution in [3.8, 4) is 0 Å². The molecular formula is C19H29N5O. The van der Waals surface area contributed by atoms with Gasteiger partial charge in [-0.2, -0.15) is 0 Å². The third-order valence-corrected chi connectivity index (χ3v) is 4.09. The van der Waals surface area contributed by atoms with Crippen molar-refractivity contribution in [2.75, 3.05) is 13.1 Å². The molecule has 2 aromatic heterocycles. The van der Waals surface area contributed by atoms with Gasteiger partial charge < -0.3 is 4.42 Å². The SMILES string of the molecule is C=CC(=C)CN(CCCC)C(c1ccoc1)c1nnnn1C(C)(C)C. The van der Waals surface area contributed by atoms with Gasteiger partial charge in [0.1, 0.15) is 6.04 Å². The van der Waals surface area contributed by atoms with Gasteiger partial charge in [-0.3, -0.25) is 4.90 Å². The number of tetrazole rings is 1. The Balaban J connectivity index is 2.49. The highest BCUT2D eigenvalue weighted by atomic mass is 16.3. The lowest BCUT2D eigenvalue weighted by Gasteiger charge is -2.32. The number of aromatic nitrogens is 4. The van der Waals surface area contributed by atoms with Crippen molar-refractivity contribution in [3.05, 3.63) is 54.8 Å². The van der Waals surface area contributed by atoms with Crippen molar-refractivity contribution in [2.24, 2.45) is 0 Å². The van der Waals surface area contributed by atoms with Crippen LogP contribution in [0.25, 0.3) is 0 Å². The summed E-state index contributed by atoms with van der Waals surface area (Å²) in [5, 5.41) is 12.5. The van der Waals surface area contributed by atoms with Crippen molar-refractivity contribution in [1.29, 1.82) is 0 Å². The second-order valence-electron chi connectivity index (χ2n) is 7.27. The van der Waals surface area contributed by atoms with E-state index in [0.717, 1.165) is 36.3 Å². The number of rotatable bonds is 9. The van der Waals surface area contributed by atoms with Crippen LogP contribution in [0, 0.1) is 0 Å². The van der Waals surface area contributed by atoms with Crippen molar-refractivity contribution in [2.45, 2.75) is 52.1 Å². The highest BCUT2D eigenvalue weighted by molar-refractivity contribution is 5.23. The zero-order chi connectivity index (χ0) is 18.4. The predicted molar refractivity (Wildman–Crippen MR) is 99.2 cm³/mol. The third-order valence-electron chi connectivity index (χ3n) is 4.09. The lowest BCUT2D eigenvalue weighted by Crippen LogP contribution is -2.36. The first-order chi connectivity index (χ1) is 11.9. The van der Waals surface area contributed by atoms with E-state index in [4.69, 9.17) is 4.42 Å². The quantitative estimate of drug-likeness (QED) is 0.645. The number of furan rings is 1. The van der Waals surface area contributed by atoms with E-state index >= 15 is 0 Å². The maximum Gasteiger partial charge on any atom is 0.173 e. The summed E-state index contributed by atoms with van der Waals surface area (Å²) in [5.41, 5.74) is 1.79. The van der Waals surface area contributed by atoms with Crippen molar-refractivity contribution in [1.82, 2.24) is 25.1 Å². The third kappa shape index (κ3) is 4.66. The normalized spacial score (nSPS) is 13.2. The van der Waals surface area contributed by atoms with Crippen molar-refractivity contribution < 1.29 is 4.42 Å². The summed E-state index contributed by atoms with van der Waals surface area (Å²) >= 11 is 0. The summed E-state index contributed by atoms with van der Waals surface area (Å²) in [4.78, 5) is 2.34. The van der Waals surface area contributed by atoms with Gasteiger partial charge in [0.2, 0.25) is 0 Å². The molecule has 0 saturated heterocycles. The maximum atomic E-state index is 5.36. The molecule has 1 atom stereocenters. The predicted octanol–water partition coefficient (Wildman–Crippen LogP) is 3.95. The van der Waals surface area contributed by atoms with E-state index in [1.807, 2.05) is 10.7 Å². The number of hydrogen-bond acceptors (Lipinski definition) is 5. The Labute approximate surface area is 150 Å². The van der Waals surface area contributed by atoms with Gasteiger partial charge in [-0.1, -0.05) is 32.6 Å². The van der Waals surface area contributed by atoms with Crippen LogP contribution >= 0.6 is 0 Å². The fourth-order valence-corrected chi connectivity index (χ4v) is 2.78. The molecule has 2 heterocycles. The van der Waals surface area contributed by atoms with Crippen molar-refractivity contribution >= 4 is 0 Å². The molecule has 0 spiro atoms. The lowest BCUT2D eigenvalue weighted by atomic mass is 10.0. The monoisotopic (exact) mass is 343 g/mol. The van der Waals surface area contributed by atoms with E-state index in [0.29, 0.717) is 6.54 Å². The molecule has 0 aliphatic heterocycles. The Morgan fingerprint density at radius 2 is 2.20 bits per heavy atom. The van der Waals surface area contributed by atoms with Crippen molar-refractivity contribution in [3.63, 3.8) is 0 Å². The van der Waals surface area contributed by atoms with E-state index in [-0.39, 0.29) is 11.6 Å². The summed E-state index contributed by atoms with van der Waals surface area (Å²) < 4.78 is 7.25. The molecule has 0 fully saturated rings. The Kier molecular flexibility index (Phi) is 6.31. The molecule has 0 amide bonds. The molecule has 2 aromatic rings. The Hall–Kier alpha value is -2.21. The molecular weight excluding hydrogens is 314 g/mol. The molecule has 0 saturated carbocycles. The highest BCUT2D eigenvalue weighted by Gasteiger charge is 2.31. The van der Waals surface area contributed by atoms with Crippen LogP contribution in [-0.4, -0.2) is 38.2 Å². The molecule has 0 aromatic carbocycles. The van der Waals surface area contributed by atoms with Crippen LogP contribution in [0.15, 0.2) is 47.8 Å². The first-order valence-electron chi connectivity index (χ1n) is 8.73. The first kappa shape index (κ1) is 19.1. The zero-order valence-electron chi connectivity index (χ0n) is 15.8. The van der Waals surface area contributed by atoms with Crippen LogP contribution < -0.4 is 0 Å². The second-order valence-corrected chi connectivity index (χ2v) is 7.27. The summed E-state index contributed by atoms with van der Waals surface area (Å²) in [7, 11) is 0. The minimum Gasteiger partial charge on any atom is -0.472 e. The molecule has 0 bridgehead atoms. The van der Waals surface area contributed by atoms with Gasteiger partial charge in [-0.25, -0.2) is 4.68 Å². The van der Waals surface area contributed by atoms with Gasteiger partial charge in [-0.05, 0) is 55.8 Å². The average molecular weight is 343 g/mol. The smallest absolute Gasteiger partial charge is 0.173 e. The van der Waals surface area contributed by atoms with Gasteiger partial charge in [0.15, 0.2) is 5.82 Å². The Morgan fingerprint density at radius 3 is 2.76 bits per heavy atom. The molecule has 136 valence electrons. The minimum atomic E-state index is -0.216. The summed E-state index contributed by atoms with van der Waals surface area (Å²) in [5.74, 6) is 0.807. The number of nitrogens with zero attached hydrogens (tertiary/aromatic N) is 5. The lowest BCUT2D eigenvalue weighted by molar-refractivity contribution is 0.214. The Bertz CT molecular complexity index is 681. The van der Waals surface area contributed by atoms with E-state index in [2.05, 4.69) is 61.3 Å². The topological polar surface area (TPSA) is 60.0 Å². The minimum absolute atomic E-state index is 0.101. The van der Waals surface area contributed by atoms with E-state index in [1.165, 1.54) is 0 Å². The van der Waals surface area contributed by atoms with E-state index in [9.17, 15) is 0 Å². The van der Waals surface area contributed by atoms with Gasteiger partial charge in [-0.15, -0.1) is 5.10 Å². The van der Waals surface area contributed by atoms with E-state index < -0.39 is 0 Å². The summed E-state index contributed by atoms with van der Waals surface area (Å²) in [6, 6.07) is 1.87. The molecule has 0 radical (unpaired) electrons. The van der Waals surface area contributed by atoms with Crippen LogP contribution in [0.2, 0.25) is 0 Å². The van der Waals surface area contributed by atoms with Gasteiger partial charge >= 0.3 is 0 Å². The fraction of sp³-hybridized carbons (Fsp3) is 0.526. The molecule has 2 rings (SSSR count). The average Bonchev–Trinajstić information content (AvgIpc) is 3.24. The second kappa shape index (κ2) is 8.25. The largest absolute Gasteiger partial charge is 0.472 e. The highest BCUT2D eigenvalue weighted by Crippen LogP contribution is 2.30. The molecule has 0 N–H and O–H groups in total. The molecule has 0 aliphatic carbocycles. The molecule has 6 heteroatoms. The van der Waals surface area contributed by atoms with Gasteiger partial charge in [0, 0.05) is 12.1 Å². The van der Waals surface area contributed by atoms with Crippen LogP contribution in [0.5, 0.6) is 0 Å². The summed E-state index contributed by atoms with van der Waals surface area (Å²) in [6.45, 7) is 18.0. The van der Waals surface area contributed by atoms with Crippen LogP contribution in [0.1, 0.15) is 58.0 Å². The standard InChI is InChI=1S/C19H29N5O/c1-7-9-11-23(13-15(3)8-2)17(16-10-12-25-14-16)18-20-21-22-24(18)19(4,5)6/h8,10,12,14,17H,2-3,7,9,11,13H2,1,4-6H3. The number of hydrogen-bond donors (Lipinski definition) is 0. The maximum absolute atomic E-state index is 5.36. The first-order valence-corrected chi connectivity index (χ1v) is 8.73. The molecule has 6 nitrogen and oxygen atoms in total. The zero-order valence-corrected chi connectivity index (χ0v) is 15.8. The van der Waals surface area contributed by atoms with E-state index in [1.54, 1.807) is 18.6 Å². The van der Waals surface area contributed by atoms with Crippen LogP contribution in [0.4, 0.5) is 0 Å². The molecule has 25 heavy (non-hydrogen) atoms. The van der Waals surface area contributed by atoms with Crippen LogP contribution in [-0.2, 0) is 5.54 Å². The van der Waals surface area contributed by atoms with Gasteiger partial charge in [0.05, 0.1) is 18.1 Å². The fourth-order valence-electron chi connectivity index (χ4n) is 2.78. The molecule has 1 unspecified atom stereocenters. The number of unbranched alkanes of at least 4 members (excludes halogenated alkanes) is 1. The molecule has 0 aliphatic rings. The van der Waals surface area contributed by atoms with Gasteiger partial charge in [0.25, 0.3) is 0 Å². The Morgan fingerprint density at radius 1 is 1.44 bits per heavy atom. The summed E-state index contributed by atoms with van der Waals surface area (Å²) in [6.07, 6.45) is 7.45.